The van der Waals surface area contributed by atoms with Crippen LogP contribution in [0.4, 0.5) is 5.69 Å². The van der Waals surface area contributed by atoms with Gasteiger partial charge in [0, 0.05) is 5.69 Å². The lowest BCUT2D eigenvalue weighted by Gasteiger charge is -2.14. The van der Waals surface area contributed by atoms with Gasteiger partial charge in [-0.3, -0.25) is 0 Å². The summed E-state index contributed by atoms with van der Waals surface area (Å²) in [5, 5.41) is 20.6. The van der Waals surface area contributed by atoms with Crippen molar-refractivity contribution in [1.82, 2.24) is 0 Å². The maximum Gasteiger partial charge on any atom is 0.211 e. The molecule has 190 valence electrons. The first kappa shape index (κ1) is 28.3. The fourth-order valence-corrected chi connectivity index (χ4v) is 6.10. The number of unbranched alkanes of at least 4 members (excludes halogenated alkanes) is 12. The Bertz CT molecular complexity index is 991. The van der Waals surface area contributed by atoms with Crippen molar-refractivity contribution in [2.75, 3.05) is 5.73 Å². The van der Waals surface area contributed by atoms with E-state index in [1.54, 1.807) is 0 Å². The van der Waals surface area contributed by atoms with E-state index in [0.29, 0.717) is 17.7 Å². The fourth-order valence-electron chi connectivity index (χ4n) is 4.20. The van der Waals surface area contributed by atoms with Gasteiger partial charge in [0.1, 0.15) is 21.4 Å². The smallest absolute Gasteiger partial charge is 0.211 e. The van der Waals surface area contributed by atoms with Crippen LogP contribution in [0.1, 0.15) is 96.0 Å². The number of halogens is 1. The third kappa shape index (κ3) is 8.38. The Morgan fingerprint density at radius 2 is 1.26 bits per heavy atom. The Labute approximate surface area is 210 Å². The number of hydrogen-bond acceptors (Lipinski definition) is 5. The highest BCUT2D eigenvalue weighted by Gasteiger charge is 2.29. The number of phenols is 2. The number of rotatable bonds is 16. The van der Waals surface area contributed by atoms with E-state index in [4.69, 9.17) is 17.3 Å². The largest absolute Gasteiger partial charge is 0.506 e. The first-order chi connectivity index (χ1) is 16.3. The zero-order valence-electron chi connectivity index (χ0n) is 20.4. The molecule has 0 saturated carbocycles. The summed E-state index contributed by atoms with van der Waals surface area (Å²) in [4.78, 5) is -0.500. The SMILES string of the molecule is CCCCCCCCCCCCCCCc1cc(O)c(Cl)c(S(=O)(=O)c2ccc(N)cc2)c1O. The summed E-state index contributed by atoms with van der Waals surface area (Å²) >= 11 is 6.11. The molecule has 2 aromatic carbocycles. The third-order valence-electron chi connectivity index (χ3n) is 6.26. The molecule has 0 fully saturated rings. The lowest BCUT2D eigenvalue weighted by Crippen LogP contribution is -2.05. The molecule has 7 heteroatoms. The van der Waals surface area contributed by atoms with Gasteiger partial charge in [0.25, 0.3) is 0 Å². The van der Waals surface area contributed by atoms with Crippen LogP contribution >= 0.6 is 11.6 Å². The summed E-state index contributed by atoms with van der Waals surface area (Å²) < 4.78 is 26.2. The minimum absolute atomic E-state index is 0.0450. The second-order valence-corrected chi connectivity index (χ2v) is 11.4. The molecule has 2 aromatic rings. The number of hydrogen-bond donors (Lipinski definition) is 3. The van der Waals surface area contributed by atoms with Crippen molar-refractivity contribution in [3.05, 3.63) is 40.9 Å². The van der Waals surface area contributed by atoms with E-state index in [-0.39, 0.29) is 15.7 Å². The highest BCUT2D eigenvalue weighted by atomic mass is 35.5. The molecule has 0 unspecified atom stereocenters. The molecule has 0 spiro atoms. The van der Waals surface area contributed by atoms with Gasteiger partial charge in [-0.1, -0.05) is 95.6 Å². The molecule has 0 aromatic heterocycles. The van der Waals surface area contributed by atoms with Gasteiger partial charge < -0.3 is 15.9 Å². The van der Waals surface area contributed by atoms with Gasteiger partial charge in [0.2, 0.25) is 9.84 Å². The van der Waals surface area contributed by atoms with E-state index >= 15 is 0 Å². The van der Waals surface area contributed by atoms with Gasteiger partial charge in [0.05, 0.1) is 4.90 Å². The van der Waals surface area contributed by atoms with Gasteiger partial charge in [-0.15, -0.1) is 0 Å². The zero-order chi connectivity index (χ0) is 25.0. The van der Waals surface area contributed by atoms with Crippen molar-refractivity contribution in [2.45, 2.75) is 107 Å². The molecule has 0 heterocycles. The predicted molar refractivity (Wildman–Crippen MR) is 140 cm³/mol. The summed E-state index contributed by atoms with van der Waals surface area (Å²) in [5.74, 6) is -0.739. The lowest BCUT2D eigenvalue weighted by molar-refractivity contribution is 0.437. The number of anilines is 1. The van der Waals surface area contributed by atoms with Crippen molar-refractivity contribution < 1.29 is 18.6 Å². The van der Waals surface area contributed by atoms with Crippen molar-refractivity contribution in [2.24, 2.45) is 0 Å². The monoisotopic (exact) mass is 509 g/mol. The van der Waals surface area contributed by atoms with E-state index in [0.717, 1.165) is 19.3 Å². The van der Waals surface area contributed by atoms with Crippen LogP contribution in [-0.2, 0) is 16.3 Å². The quantitative estimate of drug-likeness (QED) is 0.122. The highest BCUT2D eigenvalue weighted by Crippen LogP contribution is 2.43. The molecule has 34 heavy (non-hydrogen) atoms. The van der Waals surface area contributed by atoms with Crippen molar-refractivity contribution >= 4 is 27.1 Å². The third-order valence-corrected chi connectivity index (χ3v) is 8.59. The Morgan fingerprint density at radius 3 is 1.76 bits per heavy atom. The highest BCUT2D eigenvalue weighted by molar-refractivity contribution is 7.91. The topological polar surface area (TPSA) is 101 Å². The summed E-state index contributed by atoms with van der Waals surface area (Å²) in [6.45, 7) is 2.24. The molecule has 0 atom stereocenters. The molecule has 0 aliphatic carbocycles. The van der Waals surface area contributed by atoms with Gasteiger partial charge in [-0.05, 0) is 48.7 Å². The number of aromatic hydroxyl groups is 2. The Morgan fingerprint density at radius 1 is 0.794 bits per heavy atom. The molecular weight excluding hydrogens is 470 g/mol. The molecule has 5 nitrogen and oxygen atoms in total. The number of sulfone groups is 1. The normalized spacial score (nSPS) is 11.7. The fraction of sp³-hybridized carbons (Fsp3) is 0.556. The molecule has 0 aliphatic heterocycles. The summed E-state index contributed by atoms with van der Waals surface area (Å²) in [5.41, 5.74) is 6.46. The predicted octanol–water partition coefficient (Wildman–Crippen LogP) is 7.80. The number of aryl methyl sites for hydroxylation is 1. The van der Waals surface area contributed by atoms with Crippen LogP contribution in [0.15, 0.2) is 40.1 Å². The van der Waals surface area contributed by atoms with Crippen LogP contribution in [0.2, 0.25) is 5.02 Å². The Balaban J connectivity index is 1.83. The minimum atomic E-state index is -4.12. The molecule has 0 aliphatic rings. The summed E-state index contributed by atoms with van der Waals surface area (Å²) in [6.07, 6.45) is 16.5. The molecule has 4 N–H and O–H groups in total. The van der Waals surface area contributed by atoms with E-state index in [2.05, 4.69) is 6.92 Å². The van der Waals surface area contributed by atoms with Crippen LogP contribution in [-0.4, -0.2) is 18.6 Å². The molecular formula is C27H40ClNO4S. The average Bonchev–Trinajstić information content (AvgIpc) is 2.80. The van der Waals surface area contributed by atoms with Gasteiger partial charge in [-0.2, -0.15) is 0 Å². The number of benzene rings is 2. The van der Waals surface area contributed by atoms with E-state index in [1.165, 1.54) is 94.5 Å². The van der Waals surface area contributed by atoms with E-state index < -0.39 is 20.5 Å². The van der Waals surface area contributed by atoms with Crippen LogP contribution in [0.25, 0.3) is 0 Å². The van der Waals surface area contributed by atoms with Crippen molar-refractivity contribution in [1.29, 1.82) is 0 Å². The van der Waals surface area contributed by atoms with Crippen LogP contribution in [0.5, 0.6) is 11.5 Å². The minimum Gasteiger partial charge on any atom is -0.506 e. The molecule has 2 rings (SSSR count). The number of nitrogen functional groups attached to an aromatic ring is 1. The maximum absolute atomic E-state index is 13.1. The van der Waals surface area contributed by atoms with E-state index in [1.807, 2.05) is 0 Å². The first-order valence-corrected chi connectivity index (χ1v) is 14.5. The summed E-state index contributed by atoms with van der Waals surface area (Å²) in [7, 11) is -4.12. The van der Waals surface area contributed by atoms with Crippen LogP contribution < -0.4 is 5.73 Å². The standard InChI is InChI=1S/C27H40ClNO4S/c1-2-3-4-5-6-7-8-9-10-11-12-13-14-15-21-20-24(30)25(28)27(26(21)31)34(32,33)23-18-16-22(29)17-19-23/h16-20,30-31H,2-15,29H2,1H3. The molecule has 0 amide bonds. The van der Waals surface area contributed by atoms with Crippen LogP contribution in [0, 0.1) is 0 Å². The Kier molecular flexibility index (Phi) is 12.1. The van der Waals surface area contributed by atoms with Gasteiger partial charge in [0.15, 0.2) is 0 Å². The van der Waals surface area contributed by atoms with E-state index in [9.17, 15) is 18.6 Å². The summed E-state index contributed by atoms with van der Waals surface area (Å²) in [6, 6.07) is 7.01. The number of phenolic OH excluding ortho intramolecular Hbond substituents is 2. The molecule has 0 radical (unpaired) electrons. The maximum atomic E-state index is 13.1. The average molecular weight is 510 g/mol. The Hall–Kier alpha value is -1.92. The number of nitrogens with two attached hydrogens (primary N) is 1. The van der Waals surface area contributed by atoms with Gasteiger partial charge in [-0.25, -0.2) is 8.42 Å². The van der Waals surface area contributed by atoms with Crippen molar-refractivity contribution in [3.8, 4) is 11.5 Å². The second kappa shape index (κ2) is 14.5. The van der Waals surface area contributed by atoms with Gasteiger partial charge >= 0.3 is 0 Å². The second-order valence-electron chi connectivity index (χ2n) is 9.11. The molecule has 0 bridgehead atoms. The first-order valence-electron chi connectivity index (χ1n) is 12.6. The van der Waals surface area contributed by atoms with Crippen LogP contribution in [0.3, 0.4) is 0 Å². The van der Waals surface area contributed by atoms with Crippen molar-refractivity contribution in [3.63, 3.8) is 0 Å². The molecule has 0 saturated heterocycles. The zero-order valence-corrected chi connectivity index (χ0v) is 21.9. The lowest BCUT2D eigenvalue weighted by atomic mass is 10.0.